The highest BCUT2D eigenvalue weighted by molar-refractivity contribution is 7.89. The van der Waals surface area contributed by atoms with Crippen molar-refractivity contribution < 1.29 is 13.2 Å². The number of ether oxygens (including phenoxy) is 1. The van der Waals surface area contributed by atoms with E-state index in [1.54, 1.807) is 23.9 Å². The van der Waals surface area contributed by atoms with Crippen molar-refractivity contribution in [3.63, 3.8) is 0 Å². The van der Waals surface area contributed by atoms with Gasteiger partial charge in [-0.25, -0.2) is 17.4 Å². The molecule has 0 bridgehead atoms. The van der Waals surface area contributed by atoms with Crippen molar-refractivity contribution in [2.24, 2.45) is 7.05 Å². The molecule has 1 aromatic heterocycles. The van der Waals surface area contributed by atoms with Gasteiger partial charge in [0.25, 0.3) is 0 Å². The SMILES string of the molecule is COc1c(CNC(C)c2ccc(S(=O)(=O)N(C)C)cc2)c(C)nn1C. The Morgan fingerprint density at radius 1 is 1.28 bits per heavy atom. The molecule has 25 heavy (non-hydrogen) atoms. The molecule has 138 valence electrons. The zero-order valence-corrected chi connectivity index (χ0v) is 16.4. The lowest BCUT2D eigenvalue weighted by atomic mass is 10.1. The molecule has 0 aliphatic carbocycles. The average Bonchev–Trinajstić information content (AvgIpc) is 2.85. The summed E-state index contributed by atoms with van der Waals surface area (Å²) in [6.45, 7) is 4.60. The number of rotatable bonds is 7. The van der Waals surface area contributed by atoms with Gasteiger partial charge in [-0.15, -0.1) is 0 Å². The monoisotopic (exact) mass is 366 g/mol. The third-order valence-electron chi connectivity index (χ3n) is 4.23. The van der Waals surface area contributed by atoms with Gasteiger partial charge in [0.1, 0.15) is 0 Å². The van der Waals surface area contributed by atoms with E-state index in [-0.39, 0.29) is 6.04 Å². The summed E-state index contributed by atoms with van der Waals surface area (Å²) in [6, 6.07) is 7.00. The average molecular weight is 366 g/mol. The lowest BCUT2D eigenvalue weighted by Gasteiger charge is -2.16. The van der Waals surface area contributed by atoms with E-state index in [2.05, 4.69) is 10.4 Å². The number of nitrogens with zero attached hydrogens (tertiary/aromatic N) is 3. The standard InChI is InChI=1S/C17H26N4O3S/c1-12(18-11-16-13(2)19-21(5)17(16)24-6)14-7-9-15(10-8-14)25(22,23)20(3)4/h7-10,12,18H,11H2,1-6H3. The second-order valence-corrected chi connectivity index (χ2v) is 8.31. The van der Waals surface area contributed by atoms with Crippen LogP contribution in [0.1, 0.15) is 29.8 Å². The van der Waals surface area contributed by atoms with E-state index >= 15 is 0 Å². The lowest BCUT2D eigenvalue weighted by molar-refractivity contribution is 0.367. The molecule has 8 heteroatoms. The molecule has 1 heterocycles. The van der Waals surface area contributed by atoms with Crippen LogP contribution in [-0.2, 0) is 23.6 Å². The van der Waals surface area contributed by atoms with Crippen molar-refractivity contribution >= 4 is 10.0 Å². The van der Waals surface area contributed by atoms with Crippen LogP contribution in [0.3, 0.4) is 0 Å². The molecule has 2 aromatic rings. The topological polar surface area (TPSA) is 76.5 Å². The number of nitrogens with one attached hydrogen (secondary N) is 1. The van der Waals surface area contributed by atoms with Gasteiger partial charge in [0.15, 0.2) is 0 Å². The minimum atomic E-state index is -3.40. The zero-order chi connectivity index (χ0) is 18.8. The van der Waals surface area contributed by atoms with Crippen LogP contribution in [0.2, 0.25) is 0 Å². The zero-order valence-electron chi connectivity index (χ0n) is 15.6. The van der Waals surface area contributed by atoms with Crippen LogP contribution >= 0.6 is 0 Å². The van der Waals surface area contributed by atoms with E-state index in [4.69, 9.17) is 4.74 Å². The number of hydrogen-bond donors (Lipinski definition) is 1. The molecule has 0 aliphatic heterocycles. The molecule has 1 aromatic carbocycles. The molecule has 1 unspecified atom stereocenters. The van der Waals surface area contributed by atoms with E-state index in [1.807, 2.05) is 33.0 Å². The van der Waals surface area contributed by atoms with Crippen LogP contribution in [0, 0.1) is 6.92 Å². The molecule has 0 amide bonds. The minimum absolute atomic E-state index is 0.0559. The van der Waals surface area contributed by atoms with E-state index in [0.29, 0.717) is 11.4 Å². The van der Waals surface area contributed by atoms with E-state index in [0.717, 1.165) is 22.7 Å². The largest absolute Gasteiger partial charge is 0.481 e. The van der Waals surface area contributed by atoms with Crippen LogP contribution in [0.25, 0.3) is 0 Å². The molecule has 0 fully saturated rings. The Hall–Kier alpha value is -1.90. The predicted octanol–water partition coefficient (Wildman–Crippen LogP) is 1.84. The maximum absolute atomic E-state index is 12.1. The summed E-state index contributed by atoms with van der Waals surface area (Å²) in [4.78, 5) is 0.290. The van der Waals surface area contributed by atoms with Crippen LogP contribution in [-0.4, -0.2) is 43.7 Å². The summed E-state index contributed by atoms with van der Waals surface area (Å²) < 4.78 is 32.6. The molecule has 0 radical (unpaired) electrons. The summed E-state index contributed by atoms with van der Waals surface area (Å²) in [7, 11) is 3.13. The van der Waals surface area contributed by atoms with Gasteiger partial charge >= 0.3 is 0 Å². The molecule has 0 aliphatic rings. The number of sulfonamides is 1. The van der Waals surface area contributed by atoms with Gasteiger partial charge in [-0.05, 0) is 31.5 Å². The second-order valence-electron chi connectivity index (χ2n) is 6.16. The van der Waals surface area contributed by atoms with E-state index in [9.17, 15) is 8.42 Å². The first-order valence-corrected chi connectivity index (χ1v) is 9.44. The Kier molecular flexibility index (Phi) is 5.87. The molecular weight excluding hydrogens is 340 g/mol. The molecule has 2 rings (SSSR count). The maximum atomic E-state index is 12.1. The van der Waals surface area contributed by atoms with Crippen molar-refractivity contribution in [3.05, 3.63) is 41.1 Å². The van der Waals surface area contributed by atoms with Crippen LogP contribution in [0.15, 0.2) is 29.2 Å². The molecule has 7 nitrogen and oxygen atoms in total. The van der Waals surface area contributed by atoms with Crippen molar-refractivity contribution in [3.8, 4) is 5.88 Å². The van der Waals surface area contributed by atoms with Crippen LogP contribution < -0.4 is 10.1 Å². The first-order chi connectivity index (χ1) is 11.7. The first kappa shape index (κ1) is 19.4. The molecule has 1 N–H and O–H groups in total. The Morgan fingerprint density at radius 2 is 1.88 bits per heavy atom. The van der Waals surface area contributed by atoms with Crippen molar-refractivity contribution in [1.82, 2.24) is 19.4 Å². The number of aromatic nitrogens is 2. The summed E-state index contributed by atoms with van der Waals surface area (Å²) in [5, 5.41) is 7.80. The fraction of sp³-hybridized carbons (Fsp3) is 0.471. The smallest absolute Gasteiger partial charge is 0.242 e. The van der Waals surface area contributed by atoms with Gasteiger partial charge in [-0.3, -0.25) is 0 Å². The Balaban J connectivity index is 2.11. The first-order valence-electron chi connectivity index (χ1n) is 8.00. The van der Waals surface area contributed by atoms with Gasteiger partial charge in [-0.2, -0.15) is 5.10 Å². The highest BCUT2D eigenvalue weighted by Crippen LogP contribution is 2.23. The van der Waals surface area contributed by atoms with Gasteiger partial charge in [-0.1, -0.05) is 12.1 Å². The Bertz CT molecular complexity index is 826. The van der Waals surface area contributed by atoms with Crippen LogP contribution in [0.5, 0.6) is 5.88 Å². The quantitative estimate of drug-likeness (QED) is 0.809. The Labute approximate surface area is 149 Å². The van der Waals surface area contributed by atoms with Gasteiger partial charge in [0.05, 0.1) is 23.3 Å². The third kappa shape index (κ3) is 4.02. The highest BCUT2D eigenvalue weighted by atomic mass is 32.2. The van der Waals surface area contributed by atoms with Crippen molar-refractivity contribution in [2.45, 2.75) is 31.3 Å². The van der Waals surface area contributed by atoms with Crippen LogP contribution in [0.4, 0.5) is 0 Å². The summed E-state index contributed by atoms with van der Waals surface area (Å²) in [6.07, 6.45) is 0. The molecule has 1 atom stereocenters. The number of methoxy groups -OCH3 is 1. The fourth-order valence-electron chi connectivity index (χ4n) is 2.65. The van der Waals surface area contributed by atoms with Gasteiger partial charge < -0.3 is 10.1 Å². The van der Waals surface area contributed by atoms with E-state index < -0.39 is 10.0 Å². The number of benzene rings is 1. The number of aryl methyl sites for hydroxylation is 2. The van der Waals surface area contributed by atoms with E-state index in [1.165, 1.54) is 18.4 Å². The fourth-order valence-corrected chi connectivity index (χ4v) is 3.55. The number of hydrogen-bond acceptors (Lipinski definition) is 5. The summed E-state index contributed by atoms with van der Waals surface area (Å²) in [5.74, 6) is 0.740. The normalized spacial score (nSPS) is 13.2. The van der Waals surface area contributed by atoms with Gasteiger partial charge in [0.2, 0.25) is 15.9 Å². The predicted molar refractivity (Wildman–Crippen MR) is 97.1 cm³/mol. The molecule has 0 spiro atoms. The third-order valence-corrected chi connectivity index (χ3v) is 6.06. The minimum Gasteiger partial charge on any atom is -0.481 e. The van der Waals surface area contributed by atoms with Crippen molar-refractivity contribution in [2.75, 3.05) is 21.2 Å². The molecule has 0 saturated heterocycles. The molecule has 0 saturated carbocycles. The highest BCUT2D eigenvalue weighted by Gasteiger charge is 2.18. The second kappa shape index (κ2) is 7.55. The van der Waals surface area contributed by atoms with Gasteiger partial charge in [0, 0.05) is 33.7 Å². The lowest BCUT2D eigenvalue weighted by Crippen LogP contribution is -2.22. The molecular formula is C17H26N4O3S. The summed E-state index contributed by atoms with van der Waals surface area (Å²) >= 11 is 0. The van der Waals surface area contributed by atoms with Crippen molar-refractivity contribution in [1.29, 1.82) is 0 Å². The maximum Gasteiger partial charge on any atom is 0.242 e. The Morgan fingerprint density at radius 3 is 2.40 bits per heavy atom. The summed E-state index contributed by atoms with van der Waals surface area (Å²) in [5.41, 5.74) is 2.95.